The minimum atomic E-state index is -1.54. The molecule has 0 radical (unpaired) electrons. The summed E-state index contributed by atoms with van der Waals surface area (Å²) in [7, 11) is -3.09. The summed E-state index contributed by atoms with van der Waals surface area (Å²) in [6, 6.07) is 0. The van der Waals surface area contributed by atoms with E-state index in [1.807, 2.05) is 0 Å². The number of rotatable bonds is 5. The Hall–Kier alpha value is -0.486. The van der Waals surface area contributed by atoms with Crippen LogP contribution in [0.4, 0.5) is 0 Å². The van der Waals surface area contributed by atoms with Gasteiger partial charge >= 0.3 is 0 Å². The van der Waals surface area contributed by atoms with E-state index in [9.17, 15) is 0 Å². The molecule has 0 aliphatic heterocycles. The Kier molecular flexibility index (Phi) is 7.28. The Morgan fingerprint density at radius 2 is 1.00 bits per heavy atom. The molecule has 0 spiro atoms. The van der Waals surface area contributed by atoms with Gasteiger partial charge in [0.15, 0.2) is 0 Å². The zero-order valence-electron chi connectivity index (χ0n) is 18.6. The van der Waals surface area contributed by atoms with Crippen LogP contribution >= 0.6 is 0 Å². The molecule has 2 saturated carbocycles. The maximum absolute atomic E-state index is 6.45. The number of allylic oxidation sites excluding steroid dienone is 4. The average molecular weight is 395 g/mol. The van der Waals surface area contributed by atoms with E-state index in [1.54, 1.807) is 11.1 Å². The van der Waals surface area contributed by atoms with Crippen LogP contribution in [0.25, 0.3) is 0 Å². The van der Waals surface area contributed by atoms with Crippen molar-refractivity contribution in [2.45, 2.75) is 104 Å². The minimum absolute atomic E-state index is 0.676. The van der Waals surface area contributed by atoms with Crippen LogP contribution < -0.4 is 0 Å². The largest absolute Gasteiger partial charge is 0.548 e. The van der Waals surface area contributed by atoms with Crippen LogP contribution in [-0.4, -0.2) is 16.6 Å². The van der Waals surface area contributed by atoms with Gasteiger partial charge in [0.05, 0.1) is 11.5 Å². The van der Waals surface area contributed by atoms with E-state index in [-0.39, 0.29) is 0 Å². The maximum atomic E-state index is 6.45. The smallest absolute Gasteiger partial charge is 0.241 e. The second-order valence-electron chi connectivity index (χ2n) is 10.3. The second kappa shape index (κ2) is 8.68. The predicted molar refractivity (Wildman–Crippen MR) is 118 cm³/mol. The van der Waals surface area contributed by atoms with Crippen LogP contribution in [0.5, 0.6) is 0 Å². The first-order valence-electron chi connectivity index (χ1n) is 10.8. The lowest BCUT2D eigenvalue weighted by Gasteiger charge is -2.39. The zero-order chi connectivity index (χ0) is 19.5. The Morgan fingerprint density at radius 3 is 1.31 bits per heavy atom. The number of hydrogen-bond acceptors (Lipinski definition) is 2. The number of hydrogen-bond donors (Lipinski definition) is 0. The standard InChI is InChI=1S/C22H42O2Si2/c1-17(23-25(3,4)5)19-13-9-11-15-21(19)22-16-12-10-14-20(22)18(2)24-26(6,7)8/h21-22H,9-16H2,1-8H3/b19-17-,20-18-. The molecule has 2 unspecified atom stereocenters. The molecule has 0 amide bonds. The van der Waals surface area contributed by atoms with Crippen LogP contribution in [0.15, 0.2) is 22.7 Å². The van der Waals surface area contributed by atoms with E-state index in [2.05, 4.69) is 53.1 Å². The Morgan fingerprint density at radius 1 is 0.654 bits per heavy atom. The molecule has 0 saturated heterocycles. The van der Waals surface area contributed by atoms with Gasteiger partial charge < -0.3 is 8.85 Å². The Labute approximate surface area is 164 Å². The molecule has 0 N–H and O–H groups in total. The van der Waals surface area contributed by atoms with Crippen molar-refractivity contribution < 1.29 is 8.85 Å². The highest BCUT2D eigenvalue weighted by Gasteiger charge is 2.35. The lowest BCUT2D eigenvalue weighted by Crippen LogP contribution is -2.31. The third kappa shape index (κ3) is 6.29. The van der Waals surface area contributed by atoms with E-state index in [0.29, 0.717) is 11.8 Å². The van der Waals surface area contributed by atoms with E-state index in [4.69, 9.17) is 8.85 Å². The third-order valence-electron chi connectivity index (χ3n) is 5.63. The summed E-state index contributed by atoms with van der Waals surface area (Å²) in [6.07, 6.45) is 10.5. The molecule has 2 nitrogen and oxygen atoms in total. The molecule has 0 aromatic carbocycles. The molecule has 26 heavy (non-hydrogen) atoms. The minimum Gasteiger partial charge on any atom is -0.548 e. The van der Waals surface area contributed by atoms with Crippen LogP contribution in [0, 0.1) is 11.8 Å². The van der Waals surface area contributed by atoms with Crippen LogP contribution in [-0.2, 0) is 8.85 Å². The highest BCUT2D eigenvalue weighted by molar-refractivity contribution is 6.70. The van der Waals surface area contributed by atoms with Crippen molar-refractivity contribution in [1.82, 2.24) is 0 Å². The van der Waals surface area contributed by atoms with Crippen molar-refractivity contribution in [2.24, 2.45) is 11.8 Å². The van der Waals surface area contributed by atoms with Gasteiger partial charge in [-0.05, 0) is 115 Å². The Bertz CT molecular complexity index is 499. The van der Waals surface area contributed by atoms with Crippen LogP contribution in [0.1, 0.15) is 65.2 Å². The van der Waals surface area contributed by atoms with Crippen molar-refractivity contribution in [3.05, 3.63) is 22.7 Å². The summed E-state index contributed by atoms with van der Waals surface area (Å²) >= 11 is 0. The topological polar surface area (TPSA) is 18.5 Å². The molecular weight excluding hydrogens is 352 g/mol. The first kappa shape index (κ1) is 21.8. The van der Waals surface area contributed by atoms with Gasteiger partial charge in [0.1, 0.15) is 0 Å². The van der Waals surface area contributed by atoms with Gasteiger partial charge in [-0.2, -0.15) is 0 Å². The van der Waals surface area contributed by atoms with Crippen LogP contribution in [0.3, 0.4) is 0 Å². The van der Waals surface area contributed by atoms with E-state index >= 15 is 0 Å². The molecule has 0 aromatic heterocycles. The van der Waals surface area contributed by atoms with Crippen molar-refractivity contribution >= 4 is 16.6 Å². The van der Waals surface area contributed by atoms with Crippen LogP contribution in [0.2, 0.25) is 39.3 Å². The molecule has 0 heterocycles. The summed E-state index contributed by atoms with van der Waals surface area (Å²) in [5.74, 6) is 3.86. The van der Waals surface area contributed by atoms with Gasteiger partial charge in [0.2, 0.25) is 16.6 Å². The summed E-state index contributed by atoms with van der Waals surface area (Å²) in [5.41, 5.74) is 3.26. The monoisotopic (exact) mass is 394 g/mol. The van der Waals surface area contributed by atoms with E-state index < -0.39 is 16.6 Å². The maximum Gasteiger partial charge on any atom is 0.241 e. The fourth-order valence-corrected chi connectivity index (χ4v) is 6.99. The fraction of sp³-hybridized carbons (Fsp3) is 0.818. The lowest BCUT2D eigenvalue weighted by atomic mass is 9.68. The average Bonchev–Trinajstić information content (AvgIpc) is 2.51. The van der Waals surface area contributed by atoms with Crippen molar-refractivity contribution in [3.63, 3.8) is 0 Å². The fourth-order valence-electron chi connectivity index (χ4n) is 4.89. The normalized spacial score (nSPS) is 29.2. The molecule has 4 heteroatoms. The molecule has 0 bridgehead atoms. The van der Waals surface area contributed by atoms with Crippen molar-refractivity contribution in [1.29, 1.82) is 0 Å². The van der Waals surface area contributed by atoms with E-state index in [0.717, 1.165) is 0 Å². The zero-order valence-corrected chi connectivity index (χ0v) is 20.6. The summed E-state index contributed by atoms with van der Waals surface area (Å²) in [4.78, 5) is 0. The van der Waals surface area contributed by atoms with Gasteiger partial charge in [0.25, 0.3) is 0 Å². The molecule has 2 fully saturated rings. The molecule has 2 rings (SSSR count). The molecule has 2 aliphatic carbocycles. The van der Waals surface area contributed by atoms with E-state index in [1.165, 1.54) is 62.9 Å². The Balaban J connectivity index is 2.34. The first-order chi connectivity index (χ1) is 12.0. The quantitative estimate of drug-likeness (QED) is 0.352. The predicted octanol–water partition coefficient (Wildman–Crippen LogP) is 7.62. The summed E-state index contributed by atoms with van der Waals surface area (Å²) in [5, 5.41) is 0. The molecule has 2 atom stereocenters. The lowest BCUT2D eigenvalue weighted by molar-refractivity contribution is 0.271. The van der Waals surface area contributed by atoms with Gasteiger partial charge in [-0.1, -0.05) is 12.8 Å². The van der Waals surface area contributed by atoms with Gasteiger partial charge in [0, 0.05) is 0 Å². The summed E-state index contributed by atoms with van der Waals surface area (Å²) in [6.45, 7) is 18.3. The first-order valence-corrected chi connectivity index (χ1v) is 17.6. The highest BCUT2D eigenvalue weighted by atomic mass is 28.4. The molecule has 2 aliphatic rings. The third-order valence-corrected chi connectivity index (χ3v) is 7.46. The molecule has 150 valence electrons. The second-order valence-corrected chi connectivity index (χ2v) is 19.2. The van der Waals surface area contributed by atoms with Crippen molar-refractivity contribution in [2.75, 3.05) is 0 Å². The van der Waals surface area contributed by atoms with Gasteiger partial charge in [-0.15, -0.1) is 0 Å². The highest BCUT2D eigenvalue weighted by Crippen LogP contribution is 2.46. The summed E-state index contributed by atoms with van der Waals surface area (Å²) < 4.78 is 12.9. The molecular formula is C22H42O2Si2. The molecule has 0 aromatic rings. The van der Waals surface area contributed by atoms with Gasteiger partial charge in [-0.3, -0.25) is 0 Å². The van der Waals surface area contributed by atoms with Gasteiger partial charge in [-0.25, -0.2) is 0 Å². The SMILES string of the molecule is C/C(O[Si](C)(C)C)=C1\CCCCC1C1CCCC/C1=C(\C)O[Si](C)(C)C. The van der Waals surface area contributed by atoms with Crippen molar-refractivity contribution in [3.8, 4) is 0 Å².